The Bertz CT molecular complexity index is 431. The molecule has 0 saturated heterocycles. The Kier molecular flexibility index (Phi) is 4.57. The van der Waals surface area contributed by atoms with E-state index >= 15 is 0 Å². The molecule has 0 heterocycles. The predicted molar refractivity (Wildman–Crippen MR) is 62.0 cm³/mol. The highest BCUT2D eigenvalue weighted by Gasteiger charge is 2.12. The average Bonchev–Trinajstić information content (AvgIpc) is 2.27. The highest BCUT2D eigenvalue weighted by atomic mass is 16.4. The number of hydrogen-bond donors (Lipinski definition) is 1. The molecule has 0 bridgehead atoms. The number of carboxylic acids is 1. The summed E-state index contributed by atoms with van der Waals surface area (Å²) in [5.41, 5.74) is 1.53. The summed E-state index contributed by atoms with van der Waals surface area (Å²) in [7, 11) is 0. The van der Waals surface area contributed by atoms with E-state index in [4.69, 9.17) is 5.11 Å². The highest BCUT2D eigenvalue weighted by molar-refractivity contribution is 6.08. The van der Waals surface area contributed by atoms with E-state index in [1.54, 1.807) is 24.3 Å². The molecule has 0 aromatic heterocycles. The zero-order valence-corrected chi connectivity index (χ0v) is 9.60. The van der Waals surface area contributed by atoms with Crippen molar-refractivity contribution in [3.63, 3.8) is 0 Å². The molecule has 0 atom stereocenters. The standard InChI is InChI=1S/C13H14O4/c1-9-2-4-10(5-3-9)12(15)8-11(14)6-7-13(16)17/h2-5H,6-8H2,1H3,(H,16,17). The van der Waals surface area contributed by atoms with Gasteiger partial charge in [0, 0.05) is 12.0 Å². The third kappa shape index (κ3) is 4.59. The van der Waals surface area contributed by atoms with Gasteiger partial charge in [0.05, 0.1) is 12.8 Å². The lowest BCUT2D eigenvalue weighted by molar-refractivity contribution is -0.138. The van der Waals surface area contributed by atoms with Gasteiger partial charge in [-0.25, -0.2) is 0 Å². The van der Waals surface area contributed by atoms with Gasteiger partial charge in [-0.05, 0) is 6.92 Å². The van der Waals surface area contributed by atoms with Crippen molar-refractivity contribution < 1.29 is 19.5 Å². The van der Waals surface area contributed by atoms with Crippen LogP contribution in [0.3, 0.4) is 0 Å². The Labute approximate surface area is 99.3 Å². The van der Waals surface area contributed by atoms with Crippen molar-refractivity contribution in [2.24, 2.45) is 0 Å². The van der Waals surface area contributed by atoms with Crippen LogP contribution in [0.5, 0.6) is 0 Å². The molecule has 4 nitrogen and oxygen atoms in total. The Morgan fingerprint density at radius 3 is 2.18 bits per heavy atom. The van der Waals surface area contributed by atoms with E-state index in [0.29, 0.717) is 5.56 Å². The van der Waals surface area contributed by atoms with Gasteiger partial charge in [-0.15, -0.1) is 0 Å². The molecular formula is C13H14O4. The summed E-state index contributed by atoms with van der Waals surface area (Å²) in [5.74, 6) is -1.63. The Morgan fingerprint density at radius 1 is 1.06 bits per heavy atom. The third-order valence-electron chi connectivity index (χ3n) is 2.35. The molecule has 4 heteroatoms. The largest absolute Gasteiger partial charge is 0.481 e. The first-order valence-electron chi connectivity index (χ1n) is 5.32. The third-order valence-corrected chi connectivity index (χ3v) is 2.35. The van der Waals surface area contributed by atoms with Crippen LogP contribution in [0.1, 0.15) is 35.2 Å². The summed E-state index contributed by atoms with van der Waals surface area (Å²) in [5, 5.41) is 8.41. The van der Waals surface area contributed by atoms with Crippen LogP contribution in [0.2, 0.25) is 0 Å². The van der Waals surface area contributed by atoms with Crippen molar-refractivity contribution in [2.45, 2.75) is 26.2 Å². The lowest BCUT2D eigenvalue weighted by atomic mass is 10.0. The fourth-order valence-electron chi connectivity index (χ4n) is 1.36. The number of carbonyl (C=O) groups is 3. The number of hydrogen-bond acceptors (Lipinski definition) is 3. The van der Waals surface area contributed by atoms with Crippen molar-refractivity contribution in [3.05, 3.63) is 35.4 Å². The highest BCUT2D eigenvalue weighted by Crippen LogP contribution is 2.07. The molecule has 1 rings (SSSR count). The maximum atomic E-state index is 11.6. The lowest BCUT2D eigenvalue weighted by Crippen LogP contribution is -2.09. The first kappa shape index (κ1) is 13.1. The maximum Gasteiger partial charge on any atom is 0.303 e. The van der Waals surface area contributed by atoms with E-state index in [1.165, 1.54) is 0 Å². The number of aliphatic carboxylic acids is 1. The molecule has 0 fully saturated rings. The molecule has 0 radical (unpaired) electrons. The van der Waals surface area contributed by atoms with Crippen LogP contribution in [0.15, 0.2) is 24.3 Å². The fourth-order valence-corrected chi connectivity index (χ4v) is 1.36. The minimum absolute atomic E-state index is 0.0903. The summed E-state index contributed by atoms with van der Waals surface area (Å²) >= 11 is 0. The molecule has 0 aliphatic rings. The van der Waals surface area contributed by atoms with Gasteiger partial charge in [0.2, 0.25) is 0 Å². The van der Waals surface area contributed by atoms with Gasteiger partial charge in [-0.1, -0.05) is 29.8 Å². The topological polar surface area (TPSA) is 71.4 Å². The van der Waals surface area contributed by atoms with Crippen molar-refractivity contribution in [3.8, 4) is 0 Å². The van der Waals surface area contributed by atoms with Gasteiger partial charge >= 0.3 is 5.97 Å². The number of carboxylic acid groups (broad SMARTS) is 1. The number of ketones is 2. The quantitative estimate of drug-likeness (QED) is 0.603. The van der Waals surface area contributed by atoms with Crippen molar-refractivity contribution in [2.75, 3.05) is 0 Å². The van der Waals surface area contributed by atoms with Gasteiger partial charge in [-0.3, -0.25) is 14.4 Å². The zero-order chi connectivity index (χ0) is 12.8. The predicted octanol–water partition coefficient (Wildman–Crippen LogP) is 2.00. The van der Waals surface area contributed by atoms with Crippen LogP contribution in [0, 0.1) is 6.92 Å². The van der Waals surface area contributed by atoms with Crippen LogP contribution in [0.25, 0.3) is 0 Å². The fraction of sp³-hybridized carbons (Fsp3) is 0.308. The first-order chi connectivity index (χ1) is 7.99. The van der Waals surface area contributed by atoms with E-state index in [0.717, 1.165) is 5.56 Å². The molecule has 1 N–H and O–H groups in total. The van der Waals surface area contributed by atoms with Crippen molar-refractivity contribution in [1.29, 1.82) is 0 Å². The molecule has 90 valence electrons. The second kappa shape index (κ2) is 5.94. The monoisotopic (exact) mass is 234 g/mol. The van der Waals surface area contributed by atoms with Gasteiger partial charge in [0.25, 0.3) is 0 Å². The lowest BCUT2D eigenvalue weighted by Gasteiger charge is -2.00. The molecule has 0 aliphatic carbocycles. The van der Waals surface area contributed by atoms with Crippen LogP contribution in [-0.2, 0) is 9.59 Å². The molecule has 0 aliphatic heterocycles. The van der Waals surface area contributed by atoms with Crippen LogP contribution >= 0.6 is 0 Å². The van der Waals surface area contributed by atoms with Gasteiger partial charge < -0.3 is 5.11 Å². The summed E-state index contributed by atoms with van der Waals surface area (Å²) in [6, 6.07) is 6.94. The van der Waals surface area contributed by atoms with Gasteiger partial charge in [0.1, 0.15) is 5.78 Å². The van der Waals surface area contributed by atoms with Crippen LogP contribution < -0.4 is 0 Å². The Balaban J connectivity index is 2.51. The van der Waals surface area contributed by atoms with Crippen LogP contribution in [-0.4, -0.2) is 22.6 Å². The second-order valence-corrected chi connectivity index (χ2v) is 3.90. The van der Waals surface area contributed by atoms with Crippen molar-refractivity contribution in [1.82, 2.24) is 0 Å². The van der Waals surface area contributed by atoms with E-state index < -0.39 is 5.97 Å². The van der Waals surface area contributed by atoms with E-state index in [-0.39, 0.29) is 30.8 Å². The van der Waals surface area contributed by atoms with E-state index in [1.807, 2.05) is 6.92 Å². The molecule has 0 spiro atoms. The summed E-state index contributed by atoms with van der Waals surface area (Å²) in [6.07, 6.45) is -0.538. The molecule has 17 heavy (non-hydrogen) atoms. The molecule has 0 unspecified atom stereocenters. The second-order valence-electron chi connectivity index (χ2n) is 3.90. The van der Waals surface area contributed by atoms with Crippen molar-refractivity contribution >= 4 is 17.5 Å². The molecule has 0 saturated carbocycles. The SMILES string of the molecule is Cc1ccc(C(=O)CC(=O)CCC(=O)O)cc1. The minimum atomic E-state index is -1.03. The van der Waals surface area contributed by atoms with Gasteiger partial charge in [-0.2, -0.15) is 0 Å². The number of carbonyl (C=O) groups excluding carboxylic acids is 2. The smallest absolute Gasteiger partial charge is 0.303 e. The maximum absolute atomic E-state index is 11.6. The van der Waals surface area contributed by atoms with Crippen LogP contribution in [0.4, 0.5) is 0 Å². The van der Waals surface area contributed by atoms with Gasteiger partial charge in [0.15, 0.2) is 5.78 Å². The number of benzene rings is 1. The summed E-state index contributed by atoms with van der Waals surface area (Å²) in [6.45, 7) is 1.91. The molecule has 0 amide bonds. The Hall–Kier alpha value is -1.97. The van der Waals surface area contributed by atoms with E-state index in [2.05, 4.69) is 0 Å². The molecular weight excluding hydrogens is 220 g/mol. The molecule has 1 aromatic carbocycles. The first-order valence-corrected chi connectivity index (χ1v) is 5.32. The van der Waals surface area contributed by atoms with E-state index in [9.17, 15) is 14.4 Å². The summed E-state index contributed by atoms with van der Waals surface area (Å²) in [4.78, 5) is 33.2. The minimum Gasteiger partial charge on any atom is -0.481 e. The number of Topliss-reactive ketones (excluding diaryl/α,β-unsaturated/α-hetero) is 2. The summed E-state index contributed by atoms with van der Waals surface area (Å²) < 4.78 is 0. The average molecular weight is 234 g/mol. The number of rotatable bonds is 6. The zero-order valence-electron chi connectivity index (χ0n) is 9.60. The number of aryl methyl sites for hydroxylation is 1. The molecule has 1 aromatic rings. The Morgan fingerprint density at radius 2 is 1.65 bits per heavy atom. The normalized spacial score (nSPS) is 9.94.